The Morgan fingerprint density at radius 3 is 2.50 bits per heavy atom. The number of hydrogen-bond acceptors (Lipinski definition) is 2. The Bertz CT molecular complexity index is 719. The van der Waals surface area contributed by atoms with E-state index in [-0.39, 0.29) is 0 Å². The van der Waals surface area contributed by atoms with E-state index in [0.717, 1.165) is 22.0 Å². The highest BCUT2D eigenvalue weighted by Crippen LogP contribution is 2.25. The Kier molecular flexibility index (Phi) is 2.49. The van der Waals surface area contributed by atoms with Crippen molar-refractivity contribution in [3.05, 3.63) is 60.3 Å². The number of phenolic OH excluding ortho intramolecular Hbond substituents is 1. The van der Waals surface area contributed by atoms with Crippen LogP contribution in [-0.4, -0.2) is 10.1 Å². The average Bonchev–Trinajstić information content (AvgIpc) is 2.38. The third-order valence-corrected chi connectivity index (χ3v) is 3.04. The molecule has 0 saturated carbocycles. The van der Waals surface area contributed by atoms with Gasteiger partial charge in [-0.3, -0.25) is 4.98 Å². The van der Waals surface area contributed by atoms with E-state index in [1.54, 1.807) is 12.1 Å². The lowest BCUT2D eigenvalue weighted by Gasteiger charge is -2.04. The van der Waals surface area contributed by atoms with Crippen LogP contribution in [0.25, 0.3) is 22.0 Å². The van der Waals surface area contributed by atoms with Crippen LogP contribution in [0, 0.1) is 6.92 Å². The van der Waals surface area contributed by atoms with Crippen LogP contribution in [-0.2, 0) is 0 Å². The van der Waals surface area contributed by atoms with Crippen molar-refractivity contribution < 1.29 is 5.11 Å². The van der Waals surface area contributed by atoms with Gasteiger partial charge in [-0.2, -0.15) is 0 Å². The molecule has 0 saturated heterocycles. The summed E-state index contributed by atoms with van der Waals surface area (Å²) in [6, 6.07) is 15.6. The molecule has 1 N–H and O–H groups in total. The van der Waals surface area contributed by atoms with Crippen LogP contribution in [0.15, 0.2) is 54.7 Å². The maximum Gasteiger partial charge on any atom is 0.116 e. The number of nitrogens with zero attached hydrogens (tertiary/aromatic N) is 1. The van der Waals surface area contributed by atoms with Gasteiger partial charge in [0, 0.05) is 11.8 Å². The standard InChI is InChI=1S/C16H13NO/c1-11-6-7-17-16(8-11)14-3-2-13-10-15(18)5-4-12(13)9-14/h2-10,18H,1H3. The molecule has 0 aliphatic heterocycles. The first-order chi connectivity index (χ1) is 8.72. The van der Waals surface area contributed by atoms with Gasteiger partial charge >= 0.3 is 0 Å². The lowest BCUT2D eigenvalue weighted by atomic mass is 10.0. The van der Waals surface area contributed by atoms with E-state index in [1.807, 2.05) is 30.5 Å². The lowest BCUT2D eigenvalue weighted by molar-refractivity contribution is 0.476. The molecule has 1 heterocycles. The van der Waals surface area contributed by atoms with E-state index in [0.29, 0.717) is 5.75 Å². The van der Waals surface area contributed by atoms with E-state index in [9.17, 15) is 5.11 Å². The predicted molar refractivity (Wildman–Crippen MR) is 73.6 cm³/mol. The predicted octanol–water partition coefficient (Wildman–Crippen LogP) is 3.92. The number of phenols is 1. The molecule has 0 atom stereocenters. The van der Waals surface area contributed by atoms with Crippen molar-refractivity contribution in [1.82, 2.24) is 4.98 Å². The van der Waals surface area contributed by atoms with Crippen LogP contribution in [0.5, 0.6) is 5.75 Å². The molecule has 3 aromatic rings. The van der Waals surface area contributed by atoms with E-state index < -0.39 is 0 Å². The third-order valence-electron chi connectivity index (χ3n) is 3.04. The quantitative estimate of drug-likeness (QED) is 0.693. The molecule has 2 heteroatoms. The highest BCUT2D eigenvalue weighted by atomic mass is 16.3. The van der Waals surface area contributed by atoms with Crippen LogP contribution in [0.4, 0.5) is 0 Å². The Morgan fingerprint density at radius 2 is 1.67 bits per heavy atom. The second-order valence-electron chi connectivity index (χ2n) is 4.46. The van der Waals surface area contributed by atoms with Gasteiger partial charge in [-0.15, -0.1) is 0 Å². The number of aryl methyl sites for hydroxylation is 1. The van der Waals surface area contributed by atoms with Gasteiger partial charge in [0.2, 0.25) is 0 Å². The fourth-order valence-electron chi connectivity index (χ4n) is 2.09. The second-order valence-corrected chi connectivity index (χ2v) is 4.46. The fourth-order valence-corrected chi connectivity index (χ4v) is 2.09. The van der Waals surface area contributed by atoms with Crippen LogP contribution in [0.2, 0.25) is 0 Å². The van der Waals surface area contributed by atoms with Crippen LogP contribution in [0.1, 0.15) is 5.56 Å². The number of rotatable bonds is 1. The lowest BCUT2D eigenvalue weighted by Crippen LogP contribution is -1.84. The highest BCUT2D eigenvalue weighted by molar-refractivity contribution is 5.87. The SMILES string of the molecule is Cc1ccnc(-c2ccc3cc(O)ccc3c2)c1. The van der Waals surface area contributed by atoms with Crippen molar-refractivity contribution in [2.75, 3.05) is 0 Å². The summed E-state index contributed by atoms with van der Waals surface area (Å²) in [6.07, 6.45) is 1.83. The summed E-state index contributed by atoms with van der Waals surface area (Å²) >= 11 is 0. The molecule has 88 valence electrons. The first-order valence-electron chi connectivity index (χ1n) is 5.88. The second kappa shape index (κ2) is 4.15. The topological polar surface area (TPSA) is 33.1 Å². The van der Waals surface area contributed by atoms with Gasteiger partial charge < -0.3 is 5.11 Å². The van der Waals surface area contributed by atoms with E-state index in [2.05, 4.69) is 24.0 Å². The first kappa shape index (κ1) is 10.8. The Balaban J connectivity index is 2.16. The maximum atomic E-state index is 9.44. The van der Waals surface area contributed by atoms with Gasteiger partial charge in [0.1, 0.15) is 5.75 Å². The smallest absolute Gasteiger partial charge is 0.116 e. The van der Waals surface area contributed by atoms with Crippen LogP contribution >= 0.6 is 0 Å². The molecule has 0 fully saturated rings. The fraction of sp³-hybridized carbons (Fsp3) is 0.0625. The van der Waals surface area contributed by atoms with Gasteiger partial charge in [0.05, 0.1) is 5.69 Å². The van der Waals surface area contributed by atoms with E-state index >= 15 is 0 Å². The first-order valence-corrected chi connectivity index (χ1v) is 5.88. The molecule has 0 aliphatic rings. The van der Waals surface area contributed by atoms with Crippen molar-refractivity contribution in [3.63, 3.8) is 0 Å². The Morgan fingerprint density at radius 1 is 0.889 bits per heavy atom. The third kappa shape index (κ3) is 1.93. The van der Waals surface area contributed by atoms with Crippen molar-refractivity contribution in [3.8, 4) is 17.0 Å². The summed E-state index contributed by atoms with van der Waals surface area (Å²) in [5, 5.41) is 11.6. The largest absolute Gasteiger partial charge is 0.508 e. The minimum absolute atomic E-state index is 0.295. The molecule has 1 aromatic heterocycles. The zero-order chi connectivity index (χ0) is 12.5. The zero-order valence-electron chi connectivity index (χ0n) is 10.1. The maximum absolute atomic E-state index is 9.44. The Labute approximate surface area is 106 Å². The normalized spacial score (nSPS) is 10.7. The van der Waals surface area contributed by atoms with E-state index in [1.165, 1.54) is 5.56 Å². The van der Waals surface area contributed by atoms with Gasteiger partial charge in [0.25, 0.3) is 0 Å². The summed E-state index contributed by atoms with van der Waals surface area (Å²) in [7, 11) is 0. The summed E-state index contributed by atoms with van der Waals surface area (Å²) in [6.45, 7) is 2.06. The molecule has 18 heavy (non-hydrogen) atoms. The minimum Gasteiger partial charge on any atom is -0.508 e. The molecule has 0 spiro atoms. The van der Waals surface area contributed by atoms with Crippen molar-refractivity contribution in [2.24, 2.45) is 0 Å². The highest BCUT2D eigenvalue weighted by Gasteiger charge is 2.02. The summed E-state index contributed by atoms with van der Waals surface area (Å²) in [5.41, 5.74) is 3.27. The van der Waals surface area contributed by atoms with Gasteiger partial charge in [0.15, 0.2) is 0 Å². The summed E-state index contributed by atoms with van der Waals surface area (Å²) < 4.78 is 0. The molecule has 2 aromatic carbocycles. The van der Waals surface area contributed by atoms with Crippen molar-refractivity contribution >= 4 is 10.8 Å². The number of hydrogen-bond donors (Lipinski definition) is 1. The molecular formula is C16H13NO. The van der Waals surface area contributed by atoms with Crippen molar-refractivity contribution in [2.45, 2.75) is 6.92 Å². The number of aromatic nitrogens is 1. The minimum atomic E-state index is 0.295. The van der Waals surface area contributed by atoms with Gasteiger partial charge in [-0.25, -0.2) is 0 Å². The average molecular weight is 235 g/mol. The van der Waals surface area contributed by atoms with Crippen LogP contribution < -0.4 is 0 Å². The van der Waals surface area contributed by atoms with Crippen LogP contribution in [0.3, 0.4) is 0 Å². The molecule has 3 rings (SSSR count). The zero-order valence-corrected chi connectivity index (χ0v) is 10.1. The summed E-state index contributed by atoms with van der Waals surface area (Å²) in [5.74, 6) is 0.295. The number of aromatic hydroxyl groups is 1. The molecule has 0 amide bonds. The summed E-state index contributed by atoms with van der Waals surface area (Å²) in [4.78, 5) is 4.38. The van der Waals surface area contributed by atoms with Gasteiger partial charge in [-0.05, 0) is 53.6 Å². The molecule has 0 radical (unpaired) electrons. The number of pyridine rings is 1. The molecule has 0 aliphatic carbocycles. The monoisotopic (exact) mass is 235 g/mol. The Hall–Kier alpha value is -2.35. The number of benzene rings is 2. The van der Waals surface area contributed by atoms with Crippen molar-refractivity contribution in [1.29, 1.82) is 0 Å². The molecule has 2 nitrogen and oxygen atoms in total. The van der Waals surface area contributed by atoms with E-state index in [4.69, 9.17) is 0 Å². The molecule has 0 unspecified atom stereocenters. The molecule has 0 bridgehead atoms. The molecular weight excluding hydrogens is 222 g/mol. The van der Waals surface area contributed by atoms with Gasteiger partial charge in [-0.1, -0.05) is 18.2 Å². The number of fused-ring (bicyclic) bond motifs is 1.